The Bertz CT molecular complexity index is 1410. The second kappa shape index (κ2) is 8.74. The molecule has 35 heavy (non-hydrogen) atoms. The number of aromatic nitrogens is 2. The summed E-state index contributed by atoms with van der Waals surface area (Å²) in [5, 5.41) is 8.24. The molecule has 2 amide bonds. The number of benzene rings is 2. The van der Waals surface area contributed by atoms with Gasteiger partial charge in [0.25, 0.3) is 5.91 Å². The highest BCUT2D eigenvalue weighted by atomic mass is 35.5. The number of nitrogens with one attached hydrogen (secondary N) is 1. The van der Waals surface area contributed by atoms with Crippen molar-refractivity contribution in [3.05, 3.63) is 94.3 Å². The molecule has 4 aromatic rings. The lowest BCUT2D eigenvalue weighted by atomic mass is 9.92. The van der Waals surface area contributed by atoms with E-state index in [9.17, 15) is 9.59 Å². The summed E-state index contributed by atoms with van der Waals surface area (Å²) in [6.45, 7) is 6.23. The molecule has 3 heterocycles. The zero-order valence-corrected chi connectivity index (χ0v) is 20.5. The fourth-order valence-corrected chi connectivity index (χ4v) is 4.58. The van der Waals surface area contributed by atoms with Crippen molar-refractivity contribution in [2.24, 2.45) is 0 Å². The monoisotopic (exact) mass is 488 g/mol. The first-order valence-electron chi connectivity index (χ1n) is 11.3. The van der Waals surface area contributed by atoms with Crippen LogP contribution < -0.4 is 10.2 Å². The summed E-state index contributed by atoms with van der Waals surface area (Å²) in [4.78, 5) is 29.3. The zero-order valence-electron chi connectivity index (χ0n) is 19.7. The fourth-order valence-electron chi connectivity index (χ4n) is 4.46. The quantitative estimate of drug-likeness (QED) is 0.421. The van der Waals surface area contributed by atoms with Gasteiger partial charge in [0.15, 0.2) is 5.76 Å². The van der Waals surface area contributed by atoms with E-state index in [-0.39, 0.29) is 18.4 Å². The molecule has 1 N–H and O–H groups in total. The predicted octanol–water partition coefficient (Wildman–Crippen LogP) is 5.15. The summed E-state index contributed by atoms with van der Waals surface area (Å²) in [6, 6.07) is 18.3. The predicted molar refractivity (Wildman–Crippen MR) is 134 cm³/mol. The minimum atomic E-state index is -1.22. The fraction of sp³-hybridized carbons (Fsp3) is 0.222. The minimum Gasteiger partial charge on any atom is -0.463 e. The number of carbonyl (C=O) groups is 2. The summed E-state index contributed by atoms with van der Waals surface area (Å²) in [7, 11) is 0. The lowest BCUT2D eigenvalue weighted by Gasteiger charge is -2.43. The van der Waals surface area contributed by atoms with Gasteiger partial charge in [-0.3, -0.25) is 19.2 Å². The molecule has 5 rings (SSSR count). The Balaban J connectivity index is 1.56. The highest BCUT2D eigenvalue weighted by molar-refractivity contribution is 6.30. The highest BCUT2D eigenvalue weighted by Gasteiger charge is 2.49. The zero-order chi connectivity index (χ0) is 24.7. The lowest BCUT2D eigenvalue weighted by molar-refractivity contribution is -0.126. The Labute approximate surface area is 208 Å². The van der Waals surface area contributed by atoms with Crippen LogP contribution in [0.1, 0.15) is 34.1 Å². The minimum absolute atomic E-state index is 0.189. The molecule has 2 aromatic heterocycles. The topological polar surface area (TPSA) is 80.4 Å². The van der Waals surface area contributed by atoms with Gasteiger partial charge in [0.2, 0.25) is 5.91 Å². The standard InChI is InChI=1S/C27H25ClN4O3/c1-17-6-4-7-22(18(17)2)32-25(33)23-14-21(24-8-5-13-35-24)30-31(23)16-27(32,3)26(34)29-15-19-9-11-20(28)12-10-19/h4-14H,15-16H2,1-3H3,(H,29,34)/t27-/m1/s1. The number of fused-ring (bicyclic) bond motifs is 1. The number of carbonyl (C=O) groups excluding carboxylic acids is 2. The van der Waals surface area contributed by atoms with Crippen LogP contribution in [0.25, 0.3) is 11.5 Å². The van der Waals surface area contributed by atoms with Crippen molar-refractivity contribution >= 4 is 29.1 Å². The average molecular weight is 489 g/mol. The van der Waals surface area contributed by atoms with Gasteiger partial charge in [0.1, 0.15) is 16.9 Å². The number of nitrogens with zero attached hydrogens (tertiary/aromatic N) is 3. The Kier molecular flexibility index (Phi) is 5.73. The van der Waals surface area contributed by atoms with Gasteiger partial charge < -0.3 is 9.73 Å². The van der Waals surface area contributed by atoms with Crippen LogP contribution in [0.4, 0.5) is 5.69 Å². The Hall–Kier alpha value is -3.84. The van der Waals surface area contributed by atoms with Crippen LogP contribution in [0, 0.1) is 13.8 Å². The second-order valence-corrected chi connectivity index (χ2v) is 9.43. The molecule has 0 bridgehead atoms. The van der Waals surface area contributed by atoms with Crippen molar-refractivity contribution in [2.45, 2.75) is 39.4 Å². The van der Waals surface area contributed by atoms with Gasteiger partial charge in [-0.15, -0.1) is 0 Å². The van der Waals surface area contributed by atoms with Gasteiger partial charge in [-0.05, 0) is 67.8 Å². The van der Waals surface area contributed by atoms with E-state index in [2.05, 4.69) is 10.4 Å². The number of furan rings is 1. The Morgan fingerprint density at radius 1 is 1.14 bits per heavy atom. The molecule has 7 nitrogen and oxygen atoms in total. The molecule has 1 aliphatic rings. The molecule has 8 heteroatoms. The third kappa shape index (κ3) is 4.02. The largest absolute Gasteiger partial charge is 0.463 e. The summed E-state index contributed by atoms with van der Waals surface area (Å²) in [5.41, 5.74) is 3.32. The molecule has 2 aromatic carbocycles. The van der Waals surface area contributed by atoms with Crippen LogP contribution >= 0.6 is 11.6 Å². The molecule has 0 unspecified atom stereocenters. The maximum Gasteiger partial charge on any atom is 0.277 e. The van der Waals surface area contributed by atoms with Gasteiger partial charge in [0, 0.05) is 23.3 Å². The van der Waals surface area contributed by atoms with Gasteiger partial charge in [0.05, 0.1) is 12.8 Å². The molecule has 0 saturated carbocycles. The molecular weight excluding hydrogens is 464 g/mol. The third-order valence-electron chi connectivity index (χ3n) is 6.60. The first-order chi connectivity index (χ1) is 16.8. The SMILES string of the molecule is Cc1cccc(N2C(=O)c3cc(-c4ccco4)nn3C[C@]2(C)C(=O)NCc2ccc(Cl)cc2)c1C. The summed E-state index contributed by atoms with van der Waals surface area (Å²) >= 11 is 5.99. The van der Waals surface area contributed by atoms with E-state index in [1.165, 1.54) is 0 Å². The van der Waals surface area contributed by atoms with E-state index in [0.717, 1.165) is 16.7 Å². The molecule has 0 spiro atoms. The van der Waals surface area contributed by atoms with Gasteiger partial charge in [-0.2, -0.15) is 5.10 Å². The first-order valence-corrected chi connectivity index (χ1v) is 11.7. The van der Waals surface area contributed by atoms with E-state index in [1.807, 2.05) is 44.2 Å². The third-order valence-corrected chi connectivity index (χ3v) is 6.85. The van der Waals surface area contributed by atoms with E-state index in [1.54, 1.807) is 53.1 Å². The number of hydrogen-bond acceptors (Lipinski definition) is 4. The Morgan fingerprint density at radius 2 is 1.91 bits per heavy atom. The number of halogens is 1. The van der Waals surface area contributed by atoms with Crippen LogP contribution in [-0.4, -0.2) is 27.1 Å². The molecule has 1 aliphatic heterocycles. The van der Waals surface area contributed by atoms with Crippen molar-refractivity contribution in [2.75, 3.05) is 4.90 Å². The van der Waals surface area contributed by atoms with Crippen molar-refractivity contribution in [3.63, 3.8) is 0 Å². The molecule has 1 atom stereocenters. The molecule has 178 valence electrons. The Morgan fingerprint density at radius 3 is 2.63 bits per heavy atom. The van der Waals surface area contributed by atoms with E-state index in [4.69, 9.17) is 16.0 Å². The van der Waals surface area contributed by atoms with Crippen LogP contribution in [-0.2, 0) is 17.9 Å². The van der Waals surface area contributed by atoms with Crippen molar-refractivity contribution < 1.29 is 14.0 Å². The first kappa shape index (κ1) is 22.9. The number of anilines is 1. The maximum absolute atomic E-state index is 13.9. The maximum atomic E-state index is 13.9. The van der Waals surface area contributed by atoms with Crippen molar-refractivity contribution in [1.29, 1.82) is 0 Å². The number of aryl methyl sites for hydroxylation is 1. The summed E-state index contributed by atoms with van der Waals surface area (Å²) in [6.07, 6.45) is 1.56. The average Bonchev–Trinajstić information content (AvgIpc) is 3.51. The molecule has 0 aliphatic carbocycles. The van der Waals surface area contributed by atoms with E-state index < -0.39 is 5.54 Å². The second-order valence-electron chi connectivity index (χ2n) is 8.99. The lowest BCUT2D eigenvalue weighted by Crippen LogP contribution is -2.64. The molecule has 0 radical (unpaired) electrons. The van der Waals surface area contributed by atoms with Crippen molar-refractivity contribution in [3.8, 4) is 11.5 Å². The number of rotatable bonds is 5. The van der Waals surface area contributed by atoms with Crippen LogP contribution in [0.2, 0.25) is 5.02 Å². The van der Waals surface area contributed by atoms with E-state index >= 15 is 0 Å². The van der Waals surface area contributed by atoms with Crippen molar-refractivity contribution in [1.82, 2.24) is 15.1 Å². The number of hydrogen-bond donors (Lipinski definition) is 1. The van der Waals surface area contributed by atoms with Crippen LogP contribution in [0.5, 0.6) is 0 Å². The van der Waals surface area contributed by atoms with Crippen LogP contribution in [0.15, 0.2) is 71.3 Å². The van der Waals surface area contributed by atoms with E-state index in [0.29, 0.717) is 34.4 Å². The summed E-state index contributed by atoms with van der Waals surface area (Å²) < 4.78 is 7.09. The smallest absolute Gasteiger partial charge is 0.277 e. The normalized spacial score (nSPS) is 17.4. The van der Waals surface area contributed by atoms with Gasteiger partial charge in [-0.1, -0.05) is 35.9 Å². The number of amides is 2. The molecule has 0 fully saturated rings. The molecular formula is C27H25ClN4O3. The van der Waals surface area contributed by atoms with Gasteiger partial charge in [-0.25, -0.2) is 0 Å². The molecule has 0 saturated heterocycles. The van der Waals surface area contributed by atoms with Crippen LogP contribution in [0.3, 0.4) is 0 Å². The summed E-state index contributed by atoms with van der Waals surface area (Å²) in [5.74, 6) is -0.00585. The highest BCUT2D eigenvalue weighted by Crippen LogP contribution is 2.36. The van der Waals surface area contributed by atoms with Gasteiger partial charge >= 0.3 is 0 Å².